The fraction of sp³-hybridized carbons (Fsp3) is 0.200. The van der Waals surface area contributed by atoms with Crippen LogP contribution >= 0.6 is 15.9 Å². The molecule has 0 spiro atoms. The van der Waals surface area contributed by atoms with Crippen LogP contribution in [0.4, 0.5) is 4.39 Å². The molecule has 0 heterocycles. The van der Waals surface area contributed by atoms with Crippen LogP contribution in [-0.2, 0) is 0 Å². The molecule has 2 rings (SSSR count). The Balaban J connectivity index is 2.38. The molecule has 0 aliphatic heterocycles. The van der Waals surface area contributed by atoms with Gasteiger partial charge in [0.2, 0.25) is 0 Å². The first-order chi connectivity index (χ1) is 8.61. The number of hydrogen-bond donors (Lipinski definition) is 1. The standard InChI is InChI=1S/C15H15BrFN/c1-10-3-4-12(9-14(10)16)15(18-2)11-5-7-13(17)8-6-11/h3-9,15,18H,1-2H3. The van der Waals surface area contributed by atoms with Crippen molar-refractivity contribution in [1.82, 2.24) is 5.32 Å². The smallest absolute Gasteiger partial charge is 0.123 e. The molecule has 94 valence electrons. The van der Waals surface area contributed by atoms with Gasteiger partial charge in [-0.2, -0.15) is 0 Å². The van der Waals surface area contributed by atoms with Gasteiger partial charge in [-0.1, -0.05) is 40.2 Å². The summed E-state index contributed by atoms with van der Waals surface area (Å²) < 4.78 is 14.0. The van der Waals surface area contributed by atoms with Crippen LogP contribution in [0.25, 0.3) is 0 Å². The molecule has 0 aromatic heterocycles. The van der Waals surface area contributed by atoms with Gasteiger partial charge in [0.05, 0.1) is 6.04 Å². The van der Waals surface area contributed by atoms with Gasteiger partial charge in [0.15, 0.2) is 0 Å². The lowest BCUT2D eigenvalue weighted by Gasteiger charge is -2.18. The molecule has 0 saturated carbocycles. The molecular formula is C15H15BrFN. The highest BCUT2D eigenvalue weighted by Gasteiger charge is 2.12. The summed E-state index contributed by atoms with van der Waals surface area (Å²) in [5.41, 5.74) is 3.41. The first-order valence-electron chi connectivity index (χ1n) is 5.80. The van der Waals surface area contributed by atoms with Crippen LogP contribution in [0.3, 0.4) is 0 Å². The summed E-state index contributed by atoms with van der Waals surface area (Å²) in [5, 5.41) is 3.26. The lowest BCUT2D eigenvalue weighted by molar-refractivity contribution is 0.623. The van der Waals surface area contributed by atoms with Crippen molar-refractivity contribution in [3.05, 3.63) is 69.4 Å². The molecular weight excluding hydrogens is 293 g/mol. The van der Waals surface area contributed by atoms with Crippen LogP contribution in [0.5, 0.6) is 0 Å². The van der Waals surface area contributed by atoms with Gasteiger partial charge in [-0.15, -0.1) is 0 Å². The second-order valence-corrected chi connectivity index (χ2v) is 5.14. The average Bonchev–Trinajstić information content (AvgIpc) is 2.37. The number of rotatable bonds is 3. The third kappa shape index (κ3) is 2.79. The monoisotopic (exact) mass is 307 g/mol. The van der Waals surface area contributed by atoms with Crippen molar-refractivity contribution in [2.45, 2.75) is 13.0 Å². The van der Waals surface area contributed by atoms with Crippen molar-refractivity contribution in [3.8, 4) is 0 Å². The lowest BCUT2D eigenvalue weighted by Crippen LogP contribution is -2.17. The van der Waals surface area contributed by atoms with Crippen LogP contribution in [0.2, 0.25) is 0 Å². The summed E-state index contributed by atoms with van der Waals surface area (Å²) in [6, 6.07) is 12.9. The first kappa shape index (κ1) is 13.2. The van der Waals surface area contributed by atoms with Crippen molar-refractivity contribution >= 4 is 15.9 Å². The van der Waals surface area contributed by atoms with E-state index in [0.29, 0.717) is 0 Å². The Kier molecular flexibility index (Phi) is 4.15. The van der Waals surface area contributed by atoms with Gasteiger partial charge in [0.1, 0.15) is 5.82 Å². The Morgan fingerprint density at radius 3 is 2.22 bits per heavy atom. The minimum Gasteiger partial charge on any atom is -0.309 e. The maximum atomic E-state index is 12.9. The molecule has 0 aliphatic rings. The number of halogens is 2. The summed E-state index contributed by atoms with van der Waals surface area (Å²) in [7, 11) is 1.90. The van der Waals surface area contributed by atoms with Crippen molar-refractivity contribution in [3.63, 3.8) is 0 Å². The third-order valence-corrected chi connectivity index (χ3v) is 3.88. The zero-order valence-electron chi connectivity index (χ0n) is 10.4. The van der Waals surface area contributed by atoms with Gasteiger partial charge in [-0.05, 0) is 48.9 Å². The van der Waals surface area contributed by atoms with E-state index >= 15 is 0 Å². The van der Waals surface area contributed by atoms with Crippen LogP contribution in [-0.4, -0.2) is 7.05 Å². The highest BCUT2D eigenvalue weighted by molar-refractivity contribution is 9.10. The van der Waals surface area contributed by atoms with E-state index < -0.39 is 0 Å². The van der Waals surface area contributed by atoms with Crippen LogP contribution in [0, 0.1) is 12.7 Å². The topological polar surface area (TPSA) is 12.0 Å². The molecule has 0 aliphatic carbocycles. The van der Waals surface area contributed by atoms with Crippen molar-refractivity contribution in [2.24, 2.45) is 0 Å². The summed E-state index contributed by atoms with van der Waals surface area (Å²) in [6.45, 7) is 2.06. The van der Waals surface area contributed by atoms with Crippen molar-refractivity contribution in [1.29, 1.82) is 0 Å². The Morgan fingerprint density at radius 2 is 1.67 bits per heavy atom. The Hall–Kier alpha value is -1.19. The zero-order valence-corrected chi connectivity index (χ0v) is 12.0. The molecule has 18 heavy (non-hydrogen) atoms. The van der Waals surface area contributed by atoms with E-state index in [1.165, 1.54) is 17.7 Å². The summed E-state index contributed by atoms with van der Waals surface area (Å²) >= 11 is 3.54. The second kappa shape index (κ2) is 5.63. The molecule has 1 unspecified atom stereocenters. The van der Waals surface area contributed by atoms with Crippen LogP contribution in [0.1, 0.15) is 22.7 Å². The number of nitrogens with one attached hydrogen (secondary N) is 1. The summed E-state index contributed by atoms with van der Waals surface area (Å²) in [4.78, 5) is 0. The van der Waals surface area contributed by atoms with Gasteiger partial charge in [0, 0.05) is 4.47 Å². The van der Waals surface area contributed by atoms with Crippen molar-refractivity contribution < 1.29 is 4.39 Å². The summed E-state index contributed by atoms with van der Waals surface area (Å²) in [5.74, 6) is -0.210. The first-order valence-corrected chi connectivity index (χ1v) is 6.60. The maximum Gasteiger partial charge on any atom is 0.123 e. The SMILES string of the molecule is CNC(c1ccc(F)cc1)c1ccc(C)c(Br)c1. The molecule has 0 bridgehead atoms. The highest BCUT2D eigenvalue weighted by Crippen LogP contribution is 2.26. The van der Waals surface area contributed by atoms with Gasteiger partial charge < -0.3 is 5.32 Å². The molecule has 0 fully saturated rings. The maximum absolute atomic E-state index is 12.9. The van der Waals surface area contributed by atoms with Gasteiger partial charge >= 0.3 is 0 Å². The minimum absolute atomic E-state index is 0.0718. The molecule has 2 aromatic rings. The largest absolute Gasteiger partial charge is 0.309 e. The highest BCUT2D eigenvalue weighted by atomic mass is 79.9. The fourth-order valence-electron chi connectivity index (χ4n) is 1.97. The molecule has 0 amide bonds. The predicted molar refractivity (Wildman–Crippen MR) is 76.2 cm³/mol. The normalized spacial score (nSPS) is 12.4. The fourth-order valence-corrected chi connectivity index (χ4v) is 2.37. The molecule has 1 nitrogen and oxygen atoms in total. The van der Waals surface area contributed by atoms with E-state index in [-0.39, 0.29) is 11.9 Å². The van der Waals surface area contributed by atoms with Gasteiger partial charge in [-0.25, -0.2) is 4.39 Å². The second-order valence-electron chi connectivity index (χ2n) is 4.28. The minimum atomic E-state index is -0.210. The molecule has 0 radical (unpaired) electrons. The van der Waals surface area contributed by atoms with Crippen LogP contribution < -0.4 is 5.32 Å². The quantitative estimate of drug-likeness (QED) is 0.896. The summed E-state index contributed by atoms with van der Waals surface area (Å²) in [6.07, 6.45) is 0. The molecule has 0 saturated heterocycles. The number of benzene rings is 2. The molecule has 2 aromatic carbocycles. The van der Waals surface area contributed by atoms with Crippen LogP contribution in [0.15, 0.2) is 46.9 Å². The van der Waals surface area contributed by atoms with Crippen molar-refractivity contribution in [2.75, 3.05) is 7.05 Å². The average molecular weight is 308 g/mol. The Labute approximate surface area is 115 Å². The molecule has 1 atom stereocenters. The van der Waals surface area contributed by atoms with E-state index in [9.17, 15) is 4.39 Å². The molecule has 3 heteroatoms. The number of hydrogen-bond acceptors (Lipinski definition) is 1. The van der Waals surface area contributed by atoms with E-state index in [1.807, 2.05) is 19.2 Å². The Morgan fingerprint density at radius 1 is 1.06 bits per heavy atom. The van der Waals surface area contributed by atoms with Gasteiger partial charge in [0.25, 0.3) is 0 Å². The van der Waals surface area contributed by atoms with Gasteiger partial charge in [-0.3, -0.25) is 0 Å². The number of aryl methyl sites for hydroxylation is 1. The van der Waals surface area contributed by atoms with E-state index in [4.69, 9.17) is 0 Å². The van der Waals surface area contributed by atoms with E-state index in [0.717, 1.165) is 15.6 Å². The predicted octanol–water partition coefficient (Wildman–Crippen LogP) is 4.21. The van der Waals surface area contributed by atoms with E-state index in [2.05, 4.69) is 46.4 Å². The van der Waals surface area contributed by atoms with E-state index in [1.54, 1.807) is 0 Å². The Bertz CT molecular complexity index is 537. The molecule has 1 N–H and O–H groups in total. The third-order valence-electron chi connectivity index (χ3n) is 3.02. The zero-order chi connectivity index (χ0) is 13.1. The lowest BCUT2D eigenvalue weighted by atomic mass is 9.98.